The van der Waals surface area contributed by atoms with Crippen molar-refractivity contribution < 1.29 is 18.0 Å². The molecule has 3 aromatic carbocycles. The SMILES string of the molecule is CCNC(=O)C(CC)N(Cc1ccc(Cl)c(Cl)c1)C(=O)CN(c1cc(C)ccc1C)S(=O)(=O)c1ccc(C)cc1. The summed E-state index contributed by atoms with van der Waals surface area (Å²) in [6.45, 7) is 9.06. The molecule has 1 N–H and O–H groups in total. The molecule has 3 aromatic rings. The van der Waals surface area contributed by atoms with Gasteiger partial charge in [-0.05, 0) is 81.1 Å². The van der Waals surface area contributed by atoms with Crippen molar-refractivity contribution >= 4 is 50.7 Å². The Morgan fingerprint density at radius 3 is 2.12 bits per heavy atom. The largest absolute Gasteiger partial charge is 0.355 e. The predicted molar refractivity (Wildman–Crippen MR) is 161 cm³/mol. The summed E-state index contributed by atoms with van der Waals surface area (Å²) < 4.78 is 29.2. The Bertz CT molecular complexity index is 1480. The number of carbonyl (C=O) groups is 2. The van der Waals surface area contributed by atoms with Gasteiger partial charge in [0.15, 0.2) is 0 Å². The molecule has 3 rings (SSSR count). The topological polar surface area (TPSA) is 86.8 Å². The fourth-order valence-corrected chi connectivity index (χ4v) is 6.18. The van der Waals surface area contributed by atoms with Gasteiger partial charge in [-0.25, -0.2) is 8.42 Å². The van der Waals surface area contributed by atoms with Crippen molar-refractivity contribution in [2.45, 2.75) is 58.5 Å². The Balaban J connectivity index is 2.11. The first kappa shape index (κ1) is 31.5. The van der Waals surface area contributed by atoms with Gasteiger partial charge in [0.05, 0.1) is 20.6 Å². The highest BCUT2D eigenvalue weighted by Gasteiger charge is 2.34. The molecule has 0 saturated carbocycles. The lowest BCUT2D eigenvalue weighted by Crippen LogP contribution is -2.52. The molecule has 214 valence electrons. The number of nitrogens with one attached hydrogen (secondary N) is 1. The molecule has 7 nitrogen and oxygen atoms in total. The van der Waals surface area contributed by atoms with Crippen LogP contribution in [0.25, 0.3) is 0 Å². The van der Waals surface area contributed by atoms with Crippen molar-refractivity contribution in [1.29, 1.82) is 0 Å². The first-order valence-electron chi connectivity index (χ1n) is 13.1. The molecule has 0 saturated heterocycles. The van der Waals surface area contributed by atoms with Crippen LogP contribution < -0.4 is 9.62 Å². The van der Waals surface area contributed by atoms with E-state index in [0.717, 1.165) is 15.4 Å². The van der Waals surface area contributed by atoms with Crippen LogP contribution in [0, 0.1) is 20.8 Å². The lowest BCUT2D eigenvalue weighted by atomic mass is 10.1. The van der Waals surface area contributed by atoms with Crippen LogP contribution in [0.15, 0.2) is 65.6 Å². The smallest absolute Gasteiger partial charge is 0.264 e. The second-order valence-electron chi connectivity index (χ2n) is 9.70. The number of nitrogens with zero attached hydrogens (tertiary/aromatic N) is 2. The summed E-state index contributed by atoms with van der Waals surface area (Å²) in [6, 6.07) is 16.1. The van der Waals surface area contributed by atoms with E-state index in [-0.39, 0.29) is 17.3 Å². The van der Waals surface area contributed by atoms with Gasteiger partial charge >= 0.3 is 0 Å². The average Bonchev–Trinajstić information content (AvgIpc) is 2.91. The third kappa shape index (κ3) is 7.36. The van der Waals surface area contributed by atoms with Crippen LogP contribution in [-0.2, 0) is 26.2 Å². The maximum absolute atomic E-state index is 14.1. The van der Waals surface area contributed by atoms with E-state index in [1.165, 1.54) is 17.0 Å². The van der Waals surface area contributed by atoms with Crippen LogP contribution in [-0.4, -0.2) is 44.3 Å². The summed E-state index contributed by atoms with van der Waals surface area (Å²) in [5, 5.41) is 3.47. The first-order valence-corrected chi connectivity index (χ1v) is 15.3. The number of sulfonamides is 1. The van der Waals surface area contributed by atoms with Crippen LogP contribution in [0.1, 0.15) is 42.5 Å². The Morgan fingerprint density at radius 2 is 1.52 bits per heavy atom. The molecule has 0 heterocycles. The zero-order valence-electron chi connectivity index (χ0n) is 23.4. The second kappa shape index (κ2) is 13.5. The maximum atomic E-state index is 14.1. The number of hydrogen-bond acceptors (Lipinski definition) is 4. The average molecular weight is 605 g/mol. The van der Waals surface area contributed by atoms with Crippen LogP contribution in [0.3, 0.4) is 0 Å². The molecule has 0 aromatic heterocycles. The lowest BCUT2D eigenvalue weighted by molar-refractivity contribution is -0.140. The number of halogens is 2. The standard InChI is InChI=1S/C30H35Cl2N3O4S/c1-6-27(30(37)33-7-2)34(18-23-12-15-25(31)26(32)17-23)29(36)19-35(28-16-21(4)8-11-22(28)5)40(38,39)24-13-9-20(3)10-14-24/h8-17,27H,6-7,18-19H2,1-5H3,(H,33,37). The molecule has 1 atom stereocenters. The molecular weight excluding hydrogens is 569 g/mol. The van der Waals surface area contributed by atoms with Crippen LogP contribution in [0.2, 0.25) is 10.0 Å². The van der Waals surface area contributed by atoms with E-state index in [4.69, 9.17) is 23.2 Å². The van der Waals surface area contributed by atoms with Crippen LogP contribution in [0.4, 0.5) is 5.69 Å². The van der Waals surface area contributed by atoms with Crippen molar-refractivity contribution in [2.24, 2.45) is 0 Å². The van der Waals surface area contributed by atoms with Crippen molar-refractivity contribution in [1.82, 2.24) is 10.2 Å². The van der Waals surface area contributed by atoms with Crippen molar-refractivity contribution in [3.63, 3.8) is 0 Å². The maximum Gasteiger partial charge on any atom is 0.264 e. The summed E-state index contributed by atoms with van der Waals surface area (Å²) in [4.78, 5) is 28.6. The molecule has 0 aliphatic carbocycles. The number of rotatable bonds is 11. The van der Waals surface area contributed by atoms with Gasteiger partial charge in [-0.3, -0.25) is 13.9 Å². The van der Waals surface area contributed by atoms with Gasteiger partial charge in [-0.2, -0.15) is 0 Å². The fourth-order valence-electron chi connectivity index (χ4n) is 4.39. The first-order chi connectivity index (χ1) is 18.9. The fraction of sp³-hybridized carbons (Fsp3) is 0.333. The predicted octanol–water partition coefficient (Wildman–Crippen LogP) is 6.06. The zero-order chi connectivity index (χ0) is 29.6. The Morgan fingerprint density at radius 1 is 0.875 bits per heavy atom. The van der Waals surface area contributed by atoms with Gasteiger partial charge in [-0.15, -0.1) is 0 Å². The summed E-state index contributed by atoms with van der Waals surface area (Å²) in [5.74, 6) is -0.848. The quantitative estimate of drug-likeness (QED) is 0.289. The van der Waals surface area contributed by atoms with Gasteiger partial charge in [0.2, 0.25) is 11.8 Å². The highest BCUT2D eigenvalue weighted by Crippen LogP contribution is 2.29. The molecule has 0 radical (unpaired) electrons. The number of carbonyl (C=O) groups excluding carboxylic acids is 2. The Hall–Kier alpha value is -3.07. The van der Waals surface area contributed by atoms with Gasteiger partial charge in [0.25, 0.3) is 10.0 Å². The van der Waals surface area contributed by atoms with Gasteiger partial charge in [0.1, 0.15) is 12.6 Å². The monoisotopic (exact) mass is 603 g/mol. The van der Waals surface area contributed by atoms with Crippen LogP contribution in [0.5, 0.6) is 0 Å². The van der Waals surface area contributed by atoms with E-state index in [1.807, 2.05) is 26.0 Å². The molecule has 1 unspecified atom stereocenters. The number of aryl methyl sites for hydroxylation is 3. The Labute approximate surface area is 247 Å². The van der Waals surface area contributed by atoms with Gasteiger partial charge in [-0.1, -0.05) is 66.0 Å². The number of likely N-dealkylation sites (N-methyl/N-ethyl adjacent to an activating group) is 1. The summed E-state index contributed by atoms with van der Waals surface area (Å²) in [5.41, 5.74) is 3.51. The lowest BCUT2D eigenvalue weighted by Gasteiger charge is -2.33. The summed E-state index contributed by atoms with van der Waals surface area (Å²) in [6.07, 6.45) is 0.326. The summed E-state index contributed by atoms with van der Waals surface area (Å²) >= 11 is 12.3. The highest BCUT2D eigenvalue weighted by atomic mass is 35.5. The van der Waals surface area contributed by atoms with E-state index in [0.29, 0.717) is 39.8 Å². The van der Waals surface area contributed by atoms with Crippen molar-refractivity contribution in [3.8, 4) is 0 Å². The van der Waals surface area contributed by atoms with E-state index < -0.39 is 28.5 Å². The molecule has 0 aliphatic rings. The zero-order valence-corrected chi connectivity index (χ0v) is 25.7. The number of amides is 2. The number of anilines is 1. The van der Waals surface area contributed by atoms with E-state index in [2.05, 4.69) is 5.32 Å². The van der Waals surface area contributed by atoms with E-state index in [1.54, 1.807) is 57.2 Å². The molecule has 0 bridgehead atoms. The molecule has 40 heavy (non-hydrogen) atoms. The van der Waals surface area contributed by atoms with Crippen molar-refractivity contribution in [3.05, 3.63) is 93.0 Å². The molecular formula is C30H35Cl2N3O4S. The highest BCUT2D eigenvalue weighted by molar-refractivity contribution is 7.92. The van der Waals surface area contributed by atoms with E-state index >= 15 is 0 Å². The normalized spacial score (nSPS) is 12.1. The minimum atomic E-state index is -4.14. The molecule has 0 aliphatic heterocycles. The molecule has 0 spiro atoms. The van der Waals surface area contributed by atoms with Crippen molar-refractivity contribution in [2.75, 3.05) is 17.4 Å². The Kier molecular flexibility index (Phi) is 10.6. The summed E-state index contributed by atoms with van der Waals surface area (Å²) in [7, 11) is -4.14. The molecule has 10 heteroatoms. The number of hydrogen-bond donors (Lipinski definition) is 1. The van der Waals surface area contributed by atoms with Gasteiger partial charge < -0.3 is 10.2 Å². The second-order valence-corrected chi connectivity index (χ2v) is 12.4. The van der Waals surface area contributed by atoms with Crippen LogP contribution >= 0.6 is 23.2 Å². The minimum Gasteiger partial charge on any atom is -0.355 e. The number of benzene rings is 3. The third-order valence-corrected chi connectivity index (χ3v) is 9.11. The van der Waals surface area contributed by atoms with Gasteiger partial charge in [0, 0.05) is 13.1 Å². The minimum absolute atomic E-state index is 0.0383. The van der Waals surface area contributed by atoms with E-state index in [9.17, 15) is 18.0 Å². The molecule has 0 fully saturated rings. The molecule has 2 amide bonds. The third-order valence-electron chi connectivity index (χ3n) is 6.60.